The lowest BCUT2D eigenvalue weighted by molar-refractivity contribution is -0.139. The number of benzene rings is 2. The normalized spacial score (nSPS) is 17.5. The van der Waals surface area contributed by atoms with Crippen LogP contribution in [0.1, 0.15) is 50.3 Å². The van der Waals surface area contributed by atoms with Gasteiger partial charge >= 0.3 is 0 Å². The van der Waals surface area contributed by atoms with Gasteiger partial charge in [0.1, 0.15) is 17.3 Å². The number of rotatable bonds is 9. The third kappa shape index (κ3) is 5.12. The lowest BCUT2D eigenvalue weighted by atomic mass is 9.94. The molecule has 3 rings (SSSR count). The second kappa shape index (κ2) is 10.9. The molecule has 1 heterocycles. The molecule has 0 aliphatic carbocycles. The Bertz CT molecular complexity index is 1070. The summed E-state index contributed by atoms with van der Waals surface area (Å²) in [6.45, 7) is 4.86. The molecule has 6 nitrogen and oxygen atoms in total. The van der Waals surface area contributed by atoms with E-state index in [1.807, 2.05) is 6.92 Å². The number of halogens is 2. The van der Waals surface area contributed by atoms with Crippen molar-refractivity contribution in [3.8, 4) is 11.5 Å². The van der Waals surface area contributed by atoms with Gasteiger partial charge < -0.3 is 19.5 Å². The summed E-state index contributed by atoms with van der Waals surface area (Å²) in [6, 6.07) is 9.32. The minimum Gasteiger partial charge on any atom is -0.507 e. The number of aliphatic hydroxyl groups is 1. The number of carbonyl (C=O) groups is 2. The van der Waals surface area contributed by atoms with E-state index in [0.717, 1.165) is 19.3 Å². The van der Waals surface area contributed by atoms with Crippen LogP contribution < -0.4 is 9.47 Å². The third-order valence-corrected chi connectivity index (χ3v) is 6.02. The molecular weight excluding hydrogens is 465 g/mol. The van der Waals surface area contributed by atoms with Gasteiger partial charge in [0.2, 0.25) is 0 Å². The number of nitrogens with zero attached hydrogens (tertiary/aromatic N) is 1. The number of carbonyl (C=O) groups excluding carboxylic acids is 2. The second-order valence-corrected chi connectivity index (χ2v) is 8.51. The molecule has 2 aromatic rings. The Morgan fingerprint density at radius 1 is 1.09 bits per heavy atom. The molecule has 1 aliphatic heterocycles. The molecule has 0 saturated carbocycles. The number of hydrogen-bond acceptors (Lipinski definition) is 5. The van der Waals surface area contributed by atoms with Crippen molar-refractivity contribution in [2.45, 2.75) is 39.2 Å². The largest absolute Gasteiger partial charge is 0.507 e. The van der Waals surface area contributed by atoms with E-state index in [2.05, 4.69) is 6.92 Å². The van der Waals surface area contributed by atoms with Crippen LogP contribution in [0.15, 0.2) is 42.0 Å². The molecule has 0 bridgehead atoms. The molecular formula is C25H27Cl2NO5. The lowest BCUT2D eigenvalue weighted by Crippen LogP contribution is -2.30. The van der Waals surface area contributed by atoms with Crippen LogP contribution in [0.3, 0.4) is 0 Å². The molecule has 176 valence electrons. The summed E-state index contributed by atoms with van der Waals surface area (Å²) in [6.07, 6.45) is 2.62. The van der Waals surface area contributed by atoms with Crippen molar-refractivity contribution in [1.82, 2.24) is 4.90 Å². The van der Waals surface area contributed by atoms with E-state index in [1.165, 1.54) is 24.1 Å². The van der Waals surface area contributed by atoms with Crippen molar-refractivity contribution in [3.63, 3.8) is 0 Å². The molecule has 0 spiro atoms. The Morgan fingerprint density at radius 3 is 2.39 bits per heavy atom. The van der Waals surface area contributed by atoms with Crippen LogP contribution in [-0.4, -0.2) is 42.0 Å². The minimum atomic E-state index is -0.764. The summed E-state index contributed by atoms with van der Waals surface area (Å²) in [5.74, 6) is -0.959. The topological polar surface area (TPSA) is 76.1 Å². The molecule has 8 heteroatoms. The predicted octanol–water partition coefficient (Wildman–Crippen LogP) is 6.01. The Kier molecular flexibility index (Phi) is 8.27. The monoisotopic (exact) mass is 491 g/mol. The summed E-state index contributed by atoms with van der Waals surface area (Å²) in [4.78, 5) is 27.7. The average Bonchev–Trinajstić information content (AvgIpc) is 3.04. The van der Waals surface area contributed by atoms with Gasteiger partial charge in [-0.25, -0.2) is 0 Å². The molecule has 1 amide bonds. The zero-order chi connectivity index (χ0) is 24.1. The zero-order valence-electron chi connectivity index (χ0n) is 18.9. The van der Waals surface area contributed by atoms with E-state index in [0.29, 0.717) is 24.5 Å². The van der Waals surface area contributed by atoms with Crippen molar-refractivity contribution < 1.29 is 24.2 Å². The number of hydrogen-bond donors (Lipinski definition) is 1. The van der Waals surface area contributed by atoms with Gasteiger partial charge in [-0.1, -0.05) is 55.1 Å². The van der Waals surface area contributed by atoms with Crippen LogP contribution in [0.4, 0.5) is 0 Å². The maximum Gasteiger partial charge on any atom is 0.295 e. The van der Waals surface area contributed by atoms with Crippen LogP contribution in [0.5, 0.6) is 11.5 Å². The van der Waals surface area contributed by atoms with Gasteiger partial charge in [0, 0.05) is 11.6 Å². The molecule has 1 saturated heterocycles. The fraction of sp³-hybridized carbons (Fsp3) is 0.360. The van der Waals surface area contributed by atoms with Crippen LogP contribution in [-0.2, 0) is 9.59 Å². The molecule has 1 N–H and O–H groups in total. The van der Waals surface area contributed by atoms with Crippen LogP contribution in [0.2, 0.25) is 10.0 Å². The zero-order valence-corrected chi connectivity index (χ0v) is 20.4. The Morgan fingerprint density at radius 2 is 1.79 bits per heavy atom. The van der Waals surface area contributed by atoms with E-state index in [9.17, 15) is 14.7 Å². The molecule has 33 heavy (non-hydrogen) atoms. The van der Waals surface area contributed by atoms with Gasteiger partial charge in [-0.05, 0) is 43.2 Å². The van der Waals surface area contributed by atoms with E-state index >= 15 is 0 Å². The Balaban J connectivity index is 2.18. The number of likely N-dealkylation sites (tertiary alicyclic amines) is 1. The fourth-order valence-corrected chi connectivity index (χ4v) is 4.56. The van der Waals surface area contributed by atoms with Gasteiger partial charge in [-0.15, -0.1) is 0 Å². The van der Waals surface area contributed by atoms with E-state index in [-0.39, 0.29) is 32.7 Å². The maximum atomic E-state index is 13.1. The Hall–Kier alpha value is -2.70. The Labute approximate surface area is 203 Å². The molecule has 1 aliphatic rings. The molecule has 1 unspecified atom stereocenters. The summed E-state index contributed by atoms with van der Waals surface area (Å²) < 4.78 is 10.9. The highest BCUT2D eigenvalue weighted by atomic mass is 35.5. The average molecular weight is 492 g/mol. The summed E-state index contributed by atoms with van der Waals surface area (Å²) >= 11 is 12.4. The first kappa shape index (κ1) is 24.9. The highest BCUT2D eigenvalue weighted by molar-refractivity contribution is 6.46. The molecule has 0 radical (unpaired) electrons. The van der Waals surface area contributed by atoms with Crippen molar-refractivity contribution in [3.05, 3.63) is 63.1 Å². The number of ketones is 1. The van der Waals surface area contributed by atoms with Crippen molar-refractivity contribution in [1.29, 1.82) is 0 Å². The van der Waals surface area contributed by atoms with Crippen molar-refractivity contribution in [2.24, 2.45) is 0 Å². The van der Waals surface area contributed by atoms with Crippen LogP contribution in [0.25, 0.3) is 5.76 Å². The van der Waals surface area contributed by atoms with Crippen LogP contribution >= 0.6 is 23.2 Å². The molecule has 1 atom stereocenters. The predicted molar refractivity (Wildman–Crippen MR) is 129 cm³/mol. The SMILES string of the molecule is CCCCCN1C(=O)C(=O)/C(=C(/O)c2cc(Cl)cc(Cl)c2OC)C1c1ccc(OCC)cc1. The fourth-order valence-electron chi connectivity index (χ4n) is 3.99. The van der Waals surface area contributed by atoms with E-state index in [4.69, 9.17) is 32.7 Å². The first-order chi connectivity index (χ1) is 15.8. The maximum absolute atomic E-state index is 13.1. The molecule has 1 fully saturated rings. The smallest absolute Gasteiger partial charge is 0.295 e. The van der Waals surface area contributed by atoms with Crippen LogP contribution in [0, 0.1) is 0 Å². The van der Waals surface area contributed by atoms with Gasteiger partial charge in [-0.3, -0.25) is 9.59 Å². The summed E-state index contributed by atoms with van der Waals surface area (Å²) in [5, 5.41) is 11.7. The third-order valence-electron chi connectivity index (χ3n) is 5.52. The highest BCUT2D eigenvalue weighted by Gasteiger charge is 2.46. The minimum absolute atomic E-state index is 0.0303. The number of aliphatic hydroxyl groups excluding tert-OH is 1. The quantitative estimate of drug-likeness (QED) is 0.201. The van der Waals surface area contributed by atoms with Crippen molar-refractivity contribution in [2.75, 3.05) is 20.3 Å². The lowest BCUT2D eigenvalue weighted by Gasteiger charge is -2.25. The van der Waals surface area contributed by atoms with Gasteiger partial charge in [0.15, 0.2) is 0 Å². The van der Waals surface area contributed by atoms with E-state index < -0.39 is 17.7 Å². The molecule has 0 aromatic heterocycles. The number of amides is 1. The number of unbranched alkanes of at least 4 members (excludes halogenated alkanes) is 2. The standard InChI is InChI=1S/C25H27Cl2NO5/c1-4-6-7-12-28-21(15-8-10-17(11-9-15)33-5-2)20(23(30)25(28)31)22(29)18-13-16(26)14-19(27)24(18)32-3/h8-11,13-14,21,29H,4-7,12H2,1-3H3/b22-20+. The first-order valence-electron chi connectivity index (χ1n) is 10.9. The second-order valence-electron chi connectivity index (χ2n) is 7.67. The molecule has 2 aromatic carbocycles. The number of methoxy groups -OCH3 is 1. The summed E-state index contributed by atoms with van der Waals surface area (Å²) in [7, 11) is 1.40. The van der Waals surface area contributed by atoms with E-state index in [1.54, 1.807) is 24.3 Å². The number of Topliss-reactive ketones (excluding diaryl/α,β-unsaturated/α-hetero) is 1. The highest BCUT2D eigenvalue weighted by Crippen LogP contribution is 2.43. The van der Waals surface area contributed by atoms with Crippen molar-refractivity contribution >= 4 is 40.7 Å². The van der Waals surface area contributed by atoms with Gasteiger partial charge in [-0.2, -0.15) is 0 Å². The van der Waals surface area contributed by atoms with Gasteiger partial charge in [0.25, 0.3) is 11.7 Å². The first-order valence-corrected chi connectivity index (χ1v) is 11.6. The summed E-state index contributed by atoms with van der Waals surface area (Å²) in [5.41, 5.74) is 0.803. The van der Waals surface area contributed by atoms with Gasteiger partial charge in [0.05, 0.1) is 35.9 Å². The number of ether oxygens (including phenoxy) is 2.